The van der Waals surface area contributed by atoms with E-state index in [1.807, 2.05) is 29.2 Å². The van der Waals surface area contributed by atoms with Gasteiger partial charge in [0.2, 0.25) is 11.8 Å². The molecule has 25 heavy (non-hydrogen) atoms. The Hall–Kier alpha value is -2.04. The Kier molecular flexibility index (Phi) is 4.64. The number of nitrogens with one attached hydrogen (secondary N) is 1. The highest BCUT2D eigenvalue weighted by Crippen LogP contribution is 2.29. The molecule has 0 spiro atoms. The Labute approximate surface area is 148 Å². The van der Waals surface area contributed by atoms with Crippen LogP contribution in [0.5, 0.6) is 5.75 Å². The minimum atomic E-state index is -0.136. The summed E-state index contributed by atoms with van der Waals surface area (Å²) in [6.45, 7) is 2.54. The Morgan fingerprint density at radius 2 is 2.00 bits per heavy atom. The molecule has 2 heterocycles. The third-order valence-electron chi connectivity index (χ3n) is 5.59. The molecular formula is C20H26N2O3. The van der Waals surface area contributed by atoms with Gasteiger partial charge in [0.15, 0.2) is 0 Å². The Balaban J connectivity index is 1.34. The smallest absolute Gasteiger partial charge is 0.229 e. The second-order valence-corrected chi connectivity index (χ2v) is 7.63. The number of piperidine rings is 1. The molecule has 2 amide bonds. The summed E-state index contributed by atoms with van der Waals surface area (Å²) in [5.74, 6) is 1.63. The van der Waals surface area contributed by atoms with Crippen LogP contribution in [-0.2, 0) is 16.0 Å². The van der Waals surface area contributed by atoms with Crippen LogP contribution in [0.25, 0.3) is 0 Å². The third kappa shape index (κ3) is 3.80. The van der Waals surface area contributed by atoms with Crippen LogP contribution in [-0.4, -0.2) is 43.0 Å². The molecule has 134 valence electrons. The number of nitrogens with zero attached hydrogens (tertiary/aromatic N) is 1. The minimum absolute atomic E-state index is 0.0618. The van der Waals surface area contributed by atoms with Gasteiger partial charge in [0.05, 0.1) is 11.8 Å². The average molecular weight is 342 g/mol. The highest BCUT2D eigenvalue weighted by molar-refractivity contribution is 5.83. The van der Waals surface area contributed by atoms with Crippen molar-refractivity contribution in [3.8, 4) is 5.75 Å². The first kappa shape index (κ1) is 16.4. The molecule has 0 radical (unpaired) electrons. The van der Waals surface area contributed by atoms with Gasteiger partial charge < -0.3 is 15.0 Å². The summed E-state index contributed by atoms with van der Waals surface area (Å²) in [5, 5.41) is 3.06. The first-order valence-electron chi connectivity index (χ1n) is 9.48. The molecule has 1 aliphatic carbocycles. The predicted molar refractivity (Wildman–Crippen MR) is 94.2 cm³/mol. The van der Waals surface area contributed by atoms with Crippen molar-refractivity contribution in [1.82, 2.24) is 10.2 Å². The maximum atomic E-state index is 12.9. The quantitative estimate of drug-likeness (QED) is 0.910. The van der Waals surface area contributed by atoms with Gasteiger partial charge in [-0.15, -0.1) is 0 Å². The van der Waals surface area contributed by atoms with Crippen molar-refractivity contribution in [2.75, 3.05) is 26.2 Å². The zero-order valence-electron chi connectivity index (χ0n) is 14.6. The summed E-state index contributed by atoms with van der Waals surface area (Å²) in [4.78, 5) is 27.2. The van der Waals surface area contributed by atoms with E-state index in [1.165, 1.54) is 12.8 Å². The molecule has 0 bridgehead atoms. The predicted octanol–water partition coefficient (Wildman–Crippen LogP) is 2.00. The molecular weight excluding hydrogens is 316 g/mol. The van der Waals surface area contributed by atoms with Crippen LogP contribution < -0.4 is 10.1 Å². The van der Waals surface area contributed by atoms with Crippen molar-refractivity contribution in [3.63, 3.8) is 0 Å². The number of benzene rings is 1. The maximum Gasteiger partial charge on any atom is 0.229 e. The first-order valence-corrected chi connectivity index (χ1v) is 9.48. The normalized spacial score (nSPS) is 25.7. The summed E-state index contributed by atoms with van der Waals surface area (Å²) in [6, 6.07) is 7.92. The Morgan fingerprint density at radius 3 is 2.84 bits per heavy atom. The van der Waals surface area contributed by atoms with Gasteiger partial charge in [-0.2, -0.15) is 0 Å². The molecule has 1 aromatic carbocycles. The van der Waals surface area contributed by atoms with Crippen molar-refractivity contribution < 1.29 is 14.3 Å². The molecule has 1 saturated carbocycles. The molecule has 0 unspecified atom stereocenters. The number of hydrogen-bond donors (Lipinski definition) is 1. The van der Waals surface area contributed by atoms with E-state index < -0.39 is 0 Å². The highest BCUT2D eigenvalue weighted by Gasteiger charge is 2.34. The molecule has 0 aromatic heterocycles. The van der Waals surface area contributed by atoms with Crippen molar-refractivity contribution in [2.45, 2.75) is 32.1 Å². The number of carbonyl (C=O) groups is 2. The lowest BCUT2D eigenvalue weighted by molar-refractivity contribution is -0.140. The van der Waals surface area contributed by atoms with Gasteiger partial charge in [0.25, 0.3) is 0 Å². The molecule has 1 N–H and O–H groups in total. The maximum absolute atomic E-state index is 12.9. The van der Waals surface area contributed by atoms with Gasteiger partial charge in [-0.25, -0.2) is 0 Å². The summed E-state index contributed by atoms with van der Waals surface area (Å²) in [5.41, 5.74) is 1.10. The van der Waals surface area contributed by atoms with Crippen molar-refractivity contribution in [2.24, 2.45) is 17.8 Å². The number of hydrogen-bond acceptors (Lipinski definition) is 3. The Bertz CT molecular complexity index is 656. The van der Waals surface area contributed by atoms with E-state index in [1.54, 1.807) is 0 Å². The lowest BCUT2D eigenvalue weighted by Crippen LogP contribution is -2.49. The van der Waals surface area contributed by atoms with Gasteiger partial charge in [-0.1, -0.05) is 18.2 Å². The van der Waals surface area contributed by atoms with Crippen LogP contribution in [0.15, 0.2) is 24.3 Å². The third-order valence-corrected chi connectivity index (χ3v) is 5.59. The van der Waals surface area contributed by atoms with E-state index in [0.29, 0.717) is 19.1 Å². The molecule has 5 heteroatoms. The van der Waals surface area contributed by atoms with Crippen LogP contribution in [0.1, 0.15) is 31.2 Å². The van der Waals surface area contributed by atoms with E-state index in [9.17, 15) is 9.59 Å². The van der Waals surface area contributed by atoms with E-state index >= 15 is 0 Å². The van der Waals surface area contributed by atoms with Crippen LogP contribution >= 0.6 is 0 Å². The van der Waals surface area contributed by atoms with Gasteiger partial charge in [0.1, 0.15) is 12.4 Å². The van der Waals surface area contributed by atoms with Crippen LogP contribution in [0.3, 0.4) is 0 Å². The second kappa shape index (κ2) is 7.06. The Morgan fingerprint density at radius 1 is 1.16 bits per heavy atom. The summed E-state index contributed by atoms with van der Waals surface area (Å²) in [6.07, 6.45) is 4.98. The zero-order valence-corrected chi connectivity index (χ0v) is 14.6. The van der Waals surface area contributed by atoms with Crippen molar-refractivity contribution in [3.05, 3.63) is 29.8 Å². The number of rotatable bonds is 4. The van der Waals surface area contributed by atoms with Crippen molar-refractivity contribution >= 4 is 11.8 Å². The molecule has 1 aromatic rings. The van der Waals surface area contributed by atoms with Gasteiger partial charge in [-0.05, 0) is 49.7 Å². The molecule has 4 rings (SSSR count). The SMILES string of the molecule is O=C(NCC1CC1)[C@H]1CCCN(C(=O)[C@@H]2COc3ccccc3C2)C1. The summed E-state index contributed by atoms with van der Waals surface area (Å²) in [7, 11) is 0. The standard InChI is InChI=1S/C20H26N2O3/c23-19(21-11-14-7-8-14)16-5-3-9-22(12-16)20(24)17-10-15-4-1-2-6-18(15)25-13-17/h1-2,4,6,14,16-17H,3,5,7-13H2,(H,21,23)/t16-,17-/m0/s1. The number of likely N-dealkylation sites (tertiary alicyclic amines) is 1. The fraction of sp³-hybridized carbons (Fsp3) is 0.600. The van der Waals surface area contributed by atoms with Crippen LogP contribution in [0.2, 0.25) is 0 Å². The first-order chi connectivity index (χ1) is 12.2. The molecule has 2 fully saturated rings. The van der Waals surface area contributed by atoms with E-state index in [0.717, 1.165) is 43.7 Å². The largest absolute Gasteiger partial charge is 0.492 e. The van der Waals surface area contributed by atoms with E-state index in [2.05, 4.69) is 5.32 Å². The highest BCUT2D eigenvalue weighted by atomic mass is 16.5. The van der Waals surface area contributed by atoms with Crippen molar-refractivity contribution in [1.29, 1.82) is 0 Å². The second-order valence-electron chi connectivity index (χ2n) is 7.63. The molecule has 1 saturated heterocycles. The molecule has 2 atom stereocenters. The molecule has 5 nitrogen and oxygen atoms in total. The topological polar surface area (TPSA) is 58.6 Å². The number of para-hydroxylation sites is 1. The number of carbonyl (C=O) groups excluding carboxylic acids is 2. The van der Waals surface area contributed by atoms with Gasteiger partial charge in [0, 0.05) is 19.6 Å². The van der Waals surface area contributed by atoms with Gasteiger partial charge >= 0.3 is 0 Å². The van der Waals surface area contributed by atoms with Crippen LogP contribution in [0.4, 0.5) is 0 Å². The van der Waals surface area contributed by atoms with Gasteiger partial charge in [-0.3, -0.25) is 9.59 Å². The van der Waals surface area contributed by atoms with E-state index in [4.69, 9.17) is 4.74 Å². The summed E-state index contributed by atoms with van der Waals surface area (Å²) >= 11 is 0. The number of amides is 2. The van der Waals surface area contributed by atoms with E-state index in [-0.39, 0.29) is 23.7 Å². The lowest BCUT2D eigenvalue weighted by Gasteiger charge is -2.35. The zero-order chi connectivity index (χ0) is 17.2. The fourth-order valence-corrected chi connectivity index (χ4v) is 3.85. The number of fused-ring (bicyclic) bond motifs is 1. The molecule has 3 aliphatic rings. The number of ether oxygens (including phenoxy) is 1. The monoisotopic (exact) mass is 342 g/mol. The summed E-state index contributed by atoms with van der Waals surface area (Å²) < 4.78 is 5.77. The average Bonchev–Trinajstić information content (AvgIpc) is 3.49. The minimum Gasteiger partial charge on any atom is -0.492 e. The lowest BCUT2D eigenvalue weighted by atomic mass is 9.92. The van der Waals surface area contributed by atoms with Crippen LogP contribution in [0, 0.1) is 17.8 Å². The fourth-order valence-electron chi connectivity index (χ4n) is 3.85. The molecule has 2 aliphatic heterocycles.